The number of nitrogens with zero attached hydrogens (tertiary/aromatic N) is 1. The highest BCUT2D eigenvalue weighted by Gasteiger charge is 2.46. The molecule has 0 bridgehead atoms. The first-order valence-electron chi connectivity index (χ1n) is 9.39. The average Bonchev–Trinajstić information content (AvgIpc) is 2.68. The van der Waals surface area contributed by atoms with Crippen molar-refractivity contribution in [1.82, 2.24) is 0 Å². The number of benzene rings is 2. The summed E-state index contributed by atoms with van der Waals surface area (Å²) in [6.07, 6.45) is 4.05. The third-order valence-corrected chi connectivity index (χ3v) is 6.41. The van der Waals surface area contributed by atoms with Crippen molar-refractivity contribution in [2.24, 2.45) is 11.1 Å². The highest BCUT2D eigenvalue weighted by atomic mass is 35.5. The number of hydrogen-bond acceptors (Lipinski definition) is 3. The topological polar surface area (TPSA) is 69.2 Å². The zero-order valence-electron chi connectivity index (χ0n) is 16.4. The van der Waals surface area contributed by atoms with E-state index in [1.165, 1.54) is 5.56 Å². The molecule has 2 N–H and O–H groups in total. The van der Waals surface area contributed by atoms with Crippen LogP contribution in [0.4, 0.5) is 0 Å². The lowest BCUT2D eigenvalue weighted by Gasteiger charge is -2.43. The maximum atomic E-state index is 11.7. The Morgan fingerprint density at radius 2 is 1.54 bits per heavy atom. The van der Waals surface area contributed by atoms with Crippen LogP contribution < -0.4 is 5.73 Å². The Hall–Kier alpha value is -2.59. The van der Waals surface area contributed by atoms with Crippen LogP contribution >= 0.6 is 11.6 Å². The van der Waals surface area contributed by atoms with Crippen molar-refractivity contribution in [1.29, 1.82) is 0 Å². The van der Waals surface area contributed by atoms with Crippen LogP contribution in [0, 0.1) is 22.5 Å². The van der Waals surface area contributed by atoms with Gasteiger partial charge in [-0.3, -0.25) is 10.1 Å². The lowest BCUT2D eigenvalue weighted by atomic mass is 9.60. The molecule has 146 valence electrons. The van der Waals surface area contributed by atoms with Crippen molar-refractivity contribution in [2.75, 3.05) is 0 Å². The van der Waals surface area contributed by atoms with Crippen LogP contribution in [0.3, 0.4) is 0 Å². The van der Waals surface area contributed by atoms with E-state index in [9.17, 15) is 10.1 Å². The summed E-state index contributed by atoms with van der Waals surface area (Å²) in [6, 6.07) is 16.1. The Balaban J connectivity index is 2.11. The monoisotopic (exact) mass is 396 g/mol. The summed E-state index contributed by atoms with van der Waals surface area (Å²) in [6.45, 7) is 6.31. The first-order valence-corrected chi connectivity index (χ1v) is 9.76. The molecule has 0 spiro atoms. The zero-order valence-corrected chi connectivity index (χ0v) is 17.1. The Labute approximate surface area is 170 Å². The Kier molecular flexibility index (Phi) is 5.61. The van der Waals surface area contributed by atoms with E-state index >= 15 is 0 Å². The van der Waals surface area contributed by atoms with Gasteiger partial charge in [-0.25, -0.2) is 0 Å². The van der Waals surface area contributed by atoms with Crippen LogP contribution in [-0.4, -0.2) is 4.92 Å². The second-order valence-corrected chi connectivity index (χ2v) is 8.12. The zero-order chi connectivity index (χ0) is 20.5. The second kappa shape index (κ2) is 7.80. The molecule has 0 aromatic heterocycles. The van der Waals surface area contributed by atoms with Gasteiger partial charge >= 0.3 is 0 Å². The van der Waals surface area contributed by atoms with Gasteiger partial charge in [0.1, 0.15) is 5.70 Å². The van der Waals surface area contributed by atoms with Crippen LogP contribution in [0.2, 0.25) is 5.02 Å². The molecule has 0 heterocycles. The molecule has 2 aromatic carbocycles. The molecule has 2 aromatic rings. The summed E-state index contributed by atoms with van der Waals surface area (Å²) in [5.74, 6) is 0.0819. The van der Waals surface area contributed by atoms with E-state index in [1.54, 1.807) is 6.08 Å². The molecule has 0 saturated heterocycles. The number of allylic oxidation sites excluding steroid dienone is 3. The summed E-state index contributed by atoms with van der Waals surface area (Å²) >= 11 is 6.07. The van der Waals surface area contributed by atoms with Crippen LogP contribution in [0.25, 0.3) is 0 Å². The van der Waals surface area contributed by atoms with Gasteiger partial charge in [-0.05, 0) is 48.1 Å². The summed E-state index contributed by atoms with van der Waals surface area (Å²) in [7, 11) is 0. The molecule has 4 nitrogen and oxygen atoms in total. The third kappa shape index (κ3) is 3.69. The molecule has 0 radical (unpaired) electrons. The molecule has 0 fully saturated rings. The van der Waals surface area contributed by atoms with E-state index < -0.39 is 5.41 Å². The fourth-order valence-electron chi connectivity index (χ4n) is 4.16. The van der Waals surface area contributed by atoms with E-state index in [0.29, 0.717) is 5.02 Å². The minimum Gasteiger partial charge on any atom is -0.393 e. The molecule has 0 saturated carbocycles. The van der Waals surface area contributed by atoms with Gasteiger partial charge in [0.15, 0.2) is 0 Å². The Morgan fingerprint density at radius 3 is 2.04 bits per heavy atom. The molecular formula is C23H25ClN2O2. The summed E-state index contributed by atoms with van der Waals surface area (Å²) < 4.78 is 0. The smallest absolute Gasteiger partial charge is 0.269 e. The van der Waals surface area contributed by atoms with E-state index in [2.05, 4.69) is 51.1 Å². The van der Waals surface area contributed by atoms with Crippen molar-refractivity contribution in [3.8, 4) is 0 Å². The van der Waals surface area contributed by atoms with Crippen LogP contribution in [-0.2, 0) is 0 Å². The Bertz CT molecular complexity index is 879. The minimum atomic E-state index is -0.478. The van der Waals surface area contributed by atoms with Crippen LogP contribution in [0.5, 0.6) is 0 Å². The summed E-state index contributed by atoms with van der Waals surface area (Å²) in [5.41, 5.74) is 9.23. The number of nitrogens with two attached hydrogens (primary N) is 1. The number of hydrogen-bond donors (Lipinski definition) is 1. The van der Waals surface area contributed by atoms with E-state index in [-0.39, 0.29) is 34.6 Å². The van der Waals surface area contributed by atoms with Gasteiger partial charge in [0.25, 0.3) is 5.70 Å². The van der Waals surface area contributed by atoms with Crippen molar-refractivity contribution < 1.29 is 4.92 Å². The molecule has 1 aliphatic rings. The second-order valence-electron chi connectivity index (χ2n) is 7.69. The van der Waals surface area contributed by atoms with Crippen molar-refractivity contribution >= 4 is 11.6 Å². The first kappa shape index (κ1) is 20.2. The van der Waals surface area contributed by atoms with Crippen molar-refractivity contribution in [3.05, 3.63) is 104 Å². The standard InChI is InChI=1S/C23H25ClN2O2/c1-15-4-6-18(7-5-15)16(2)23(13-12-21(25)22(14-23)26(27)28)17(3)19-8-10-20(24)11-9-19/h4-13,16-17H,14,25H2,1-3H3. The lowest BCUT2D eigenvalue weighted by Crippen LogP contribution is -2.35. The van der Waals surface area contributed by atoms with Gasteiger partial charge < -0.3 is 5.73 Å². The average molecular weight is 397 g/mol. The number of nitro groups is 1. The predicted molar refractivity (Wildman–Crippen MR) is 114 cm³/mol. The quantitative estimate of drug-likeness (QED) is 0.501. The highest BCUT2D eigenvalue weighted by molar-refractivity contribution is 6.30. The number of rotatable bonds is 5. The van der Waals surface area contributed by atoms with Gasteiger partial charge in [-0.15, -0.1) is 0 Å². The lowest BCUT2D eigenvalue weighted by molar-refractivity contribution is -0.431. The maximum Gasteiger partial charge on any atom is 0.269 e. The molecule has 3 atom stereocenters. The fraction of sp³-hybridized carbons (Fsp3) is 0.304. The predicted octanol–water partition coefficient (Wildman–Crippen LogP) is 5.95. The molecule has 28 heavy (non-hydrogen) atoms. The molecule has 3 rings (SSSR count). The third-order valence-electron chi connectivity index (χ3n) is 6.16. The number of halogens is 1. The summed E-state index contributed by atoms with van der Waals surface area (Å²) in [4.78, 5) is 11.3. The SMILES string of the molecule is Cc1ccc(C(C)C2(C(C)c3ccc(Cl)cc3)C=CC(N)=C([N+](=O)[O-])C2)cc1. The molecule has 0 aliphatic heterocycles. The molecule has 3 unspecified atom stereocenters. The largest absolute Gasteiger partial charge is 0.393 e. The fourth-order valence-corrected chi connectivity index (χ4v) is 4.29. The van der Waals surface area contributed by atoms with E-state index in [0.717, 1.165) is 11.1 Å². The van der Waals surface area contributed by atoms with Crippen molar-refractivity contribution in [2.45, 2.75) is 39.0 Å². The maximum absolute atomic E-state index is 11.7. The number of aryl methyl sites for hydroxylation is 1. The molecule has 0 amide bonds. The first-order chi connectivity index (χ1) is 13.2. The molecular weight excluding hydrogens is 372 g/mol. The van der Waals surface area contributed by atoms with Crippen LogP contribution in [0.15, 0.2) is 72.1 Å². The van der Waals surface area contributed by atoms with Crippen molar-refractivity contribution in [3.63, 3.8) is 0 Å². The van der Waals surface area contributed by atoms with Gasteiger partial charge in [-0.2, -0.15) is 0 Å². The van der Waals surface area contributed by atoms with E-state index in [1.807, 2.05) is 24.3 Å². The normalized spacial score (nSPS) is 21.4. The van der Waals surface area contributed by atoms with Gasteiger partial charge in [-0.1, -0.05) is 73.5 Å². The van der Waals surface area contributed by atoms with Gasteiger partial charge in [0.2, 0.25) is 0 Å². The highest BCUT2D eigenvalue weighted by Crippen LogP contribution is 2.53. The van der Waals surface area contributed by atoms with Crippen LogP contribution in [0.1, 0.15) is 48.8 Å². The molecule has 5 heteroatoms. The van der Waals surface area contributed by atoms with Gasteiger partial charge in [0.05, 0.1) is 11.3 Å². The van der Waals surface area contributed by atoms with Gasteiger partial charge in [0, 0.05) is 10.4 Å². The van der Waals surface area contributed by atoms with E-state index in [4.69, 9.17) is 17.3 Å². The minimum absolute atomic E-state index is 0.0281. The summed E-state index contributed by atoms with van der Waals surface area (Å²) in [5, 5.41) is 12.3. The molecule has 1 aliphatic carbocycles. The Morgan fingerprint density at radius 1 is 1.04 bits per heavy atom.